The van der Waals surface area contributed by atoms with Gasteiger partial charge in [0.1, 0.15) is 5.82 Å². The molecule has 0 radical (unpaired) electrons. The quantitative estimate of drug-likeness (QED) is 0.855. The zero-order valence-electron chi connectivity index (χ0n) is 10.5. The topological polar surface area (TPSA) is 72.2 Å². The van der Waals surface area contributed by atoms with Crippen molar-refractivity contribution in [3.05, 3.63) is 52.8 Å². The molecule has 2 aromatic rings. The van der Waals surface area contributed by atoms with Crippen LogP contribution in [0.3, 0.4) is 0 Å². The zero-order chi connectivity index (χ0) is 14.9. The Balaban J connectivity index is 2.38. The van der Waals surface area contributed by atoms with E-state index in [0.717, 1.165) is 17.7 Å². The van der Waals surface area contributed by atoms with Crippen molar-refractivity contribution in [3.63, 3.8) is 0 Å². The number of hydrogen-bond acceptors (Lipinski definition) is 3. The molecule has 0 aliphatic rings. The van der Waals surface area contributed by atoms with Crippen LogP contribution in [0.25, 0.3) is 0 Å². The van der Waals surface area contributed by atoms with Crippen molar-refractivity contribution in [2.24, 2.45) is 0 Å². The van der Waals surface area contributed by atoms with Crippen LogP contribution in [0.15, 0.2) is 41.3 Å². The van der Waals surface area contributed by atoms with Crippen molar-refractivity contribution >= 4 is 33.0 Å². The number of rotatable bonds is 3. The Morgan fingerprint density at radius 1 is 1.20 bits per heavy atom. The molecule has 0 aliphatic heterocycles. The van der Waals surface area contributed by atoms with Crippen molar-refractivity contribution in [1.29, 1.82) is 0 Å². The molecular formula is C13H12ClFN2O2S. The Morgan fingerprint density at radius 3 is 2.40 bits per heavy atom. The third-order valence-electron chi connectivity index (χ3n) is 2.70. The van der Waals surface area contributed by atoms with Gasteiger partial charge in [0.2, 0.25) is 0 Å². The molecule has 4 nitrogen and oxygen atoms in total. The van der Waals surface area contributed by atoms with Crippen molar-refractivity contribution in [2.45, 2.75) is 11.8 Å². The third-order valence-corrected chi connectivity index (χ3v) is 4.49. The maximum atomic E-state index is 12.8. The molecule has 20 heavy (non-hydrogen) atoms. The second-order valence-electron chi connectivity index (χ2n) is 4.25. The highest BCUT2D eigenvalue weighted by atomic mass is 35.5. The smallest absolute Gasteiger partial charge is 0.261 e. The molecule has 3 N–H and O–H groups in total. The van der Waals surface area contributed by atoms with E-state index in [1.807, 2.05) is 0 Å². The summed E-state index contributed by atoms with van der Waals surface area (Å²) in [6, 6.07) is 7.49. The minimum absolute atomic E-state index is 0.0602. The molecular weight excluding hydrogens is 303 g/mol. The van der Waals surface area contributed by atoms with Crippen LogP contribution in [0.2, 0.25) is 5.02 Å². The first kappa shape index (κ1) is 14.6. The van der Waals surface area contributed by atoms with Gasteiger partial charge in [-0.15, -0.1) is 0 Å². The number of halogens is 2. The minimum atomic E-state index is -3.84. The summed E-state index contributed by atoms with van der Waals surface area (Å²) in [6.45, 7) is 1.76. The van der Waals surface area contributed by atoms with Crippen LogP contribution < -0.4 is 10.5 Å². The van der Waals surface area contributed by atoms with Gasteiger partial charge in [-0.1, -0.05) is 11.6 Å². The van der Waals surface area contributed by atoms with Crippen LogP contribution in [-0.2, 0) is 10.0 Å². The predicted octanol–water partition coefficient (Wildman–Crippen LogP) is 3.17. The molecule has 0 heterocycles. The minimum Gasteiger partial charge on any atom is -0.397 e. The third kappa shape index (κ3) is 3.02. The largest absolute Gasteiger partial charge is 0.397 e. The number of benzene rings is 2. The molecule has 0 saturated carbocycles. The fraction of sp³-hybridized carbons (Fsp3) is 0.0769. The van der Waals surface area contributed by atoms with E-state index in [0.29, 0.717) is 5.02 Å². The molecule has 0 bridgehead atoms. The molecule has 0 amide bonds. The predicted molar refractivity (Wildman–Crippen MR) is 77.8 cm³/mol. The van der Waals surface area contributed by atoms with Crippen LogP contribution >= 0.6 is 11.6 Å². The highest BCUT2D eigenvalue weighted by Crippen LogP contribution is 2.28. The first-order valence-corrected chi connectivity index (χ1v) is 7.50. The number of hydrogen-bond donors (Lipinski definition) is 2. The molecule has 0 saturated heterocycles. The van der Waals surface area contributed by atoms with Crippen molar-refractivity contribution in [3.8, 4) is 0 Å². The van der Waals surface area contributed by atoms with Gasteiger partial charge < -0.3 is 5.73 Å². The molecule has 7 heteroatoms. The highest BCUT2D eigenvalue weighted by molar-refractivity contribution is 7.92. The molecule has 0 atom stereocenters. The van der Waals surface area contributed by atoms with Crippen molar-refractivity contribution < 1.29 is 12.8 Å². The van der Waals surface area contributed by atoms with Crippen molar-refractivity contribution in [2.75, 3.05) is 10.5 Å². The lowest BCUT2D eigenvalue weighted by Crippen LogP contribution is -2.14. The highest BCUT2D eigenvalue weighted by Gasteiger charge is 2.16. The van der Waals surface area contributed by atoms with Gasteiger partial charge in [-0.05, 0) is 48.9 Å². The molecule has 2 aromatic carbocycles. The number of nitrogens with one attached hydrogen (secondary N) is 1. The fourth-order valence-corrected chi connectivity index (χ4v) is 2.85. The molecule has 0 aliphatic carbocycles. The van der Waals surface area contributed by atoms with Gasteiger partial charge in [-0.25, -0.2) is 12.8 Å². The maximum absolute atomic E-state index is 12.8. The molecule has 0 unspecified atom stereocenters. The van der Waals surface area contributed by atoms with Gasteiger partial charge in [0, 0.05) is 5.02 Å². The van der Waals surface area contributed by atoms with Gasteiger partial charge in [0.15, 0.2) is 0 Å². The van der Waals surface area contributed by atoms with E-state index >= 15 is 0 Å². The van der Waals surface area contributed by atoms with Gasteiger partial charge in [0.25, 0.3) is 10.0 Å². The monoisotopic (exact) mass is 314 g/mol. The van der Waals surface area contributed by atoms with Gasteiger partial charge in [-0.2, -0.15) is 0 Å². The Morgan fingerprint density at radius 2 is 1.80 bits per heavy atom. The Hall–Kier alpha value is -1.79. The summed E-state index contributed by atoms with van der Waals surface area (Å²) >= 11 is 5.94. The second-order valence-corrected chi connectivity index (χ2v) is 6.34. The molecule has 0 spiro atoms. The molecule has 0 aromatic heterocycles. The van der Waals surface area contributed by atoms with Crippen LogP contribution in [0.1, 0.15) is 5.56 Å². The lowest BCUT2D eigenvalue weighted by molar-refractivity contribution is 0.599. The number of nitrogens with two attached hydrogens (primary N) is 1. The average Bonchev–Trinajstić information content (AvgIpc) is 2.36. The first-order chi connectivity index (χ1) is 9.29. The summed E-state index contributed by atoms with van der Waals surface area (Å²) < 4.78 is 39.4. The zero-order valence-corrected chi connectivity index (χ0v) is 12.1. The van der Waals surface area contributed by atoms with E-state index in [-0.39, 0.29) is 16.3 Å². The number of nitrogen functional groups attached to an aromatic ring is 1. The summed E-state index contributed by atoms with van der Waals surface area (Å²) in [5, 5.41) is 0.399. The number of anilines is 2. The second kappa shape index (κ2) is 5.30. The van der Waals surface area contributed by atoms with E-state index in [9.17, 15) is 12.8 Å². The summed E-state index contributed by atoms with van der Waals surface area (Å²) in [5.74, 6) is -0.512. The molecule has 2 rings (SSSR count). The van der Waals surface area contributed by atoms with E-state index in [1.165, 1.54) is 18.2 Å². The Labute approximate surface area is 121 Å². The SMILES string of the molecule is Cc1cc(N)c(NS(=O)(=O)c2ccc(F)cc2)cc1Cl. The van der Waals surface area contributed by atoms with Gasteiger partial charge in [0.05, 0.1) is 16.3 Å². The van der Waals surface area contributed by atoms with E-state index in [2.05, 4.69) is 4.72 Å². The number of aryl methyl sites for hydroxylation is 1. The van der Waals surface area contributed by atoms with Crippen LogP contribution in [0, 0.1) is 12.7 Å². The fourth-order valence-electron chi connectivity index (χ4n) is 1.61. The normalized spacial score (nSPS) is 11.3. The standard InChI is InChI=1S/C13H12ClFN2O2S/c1-8-6-12(16)13(7-11(8)14)17-20(18,19)10-4-2-9(15)3-5-10/h2-7,17H,16H2,1H3. The Kier molecular flexibility index (Phi) is 3.87. The van der Waals surface area contributed by atoms with Gasteiger partial charge >= 0.3 is 0 Å². The summed E-state index contributed by atoms with van der Waals surface area (Å²) in [7, 11) is -3.84. The van der Waals surface area contributed by atoms with Crippen LogP contribution in [0.5, 0.6) is 0 Å². The number of sulfonamides is 1. The summed E-state index contributed by atoms with van der Waals surface area (Å²) in [4.78, 5) is -0.0602. The average molecular weight is 315 g/mol. The first-order valence-electron chi connectivity index (χ1n) is 5.63. The lowest BCUT2D eigenvalue weighted by Gasteiger charge is -2.12. The van der Waals surface area contributed by atoms with Crippen LogP contribution in [0.4, 0.5) is 15.8 Å². The maximum Gasteiger partial charge on any atom is 0.261 e. The lowest BCUT2D eigenvalue weighted by atomic mass is 10.2. The summed E-state index contributed by atoms with van der Waals surface area (Å²) in [6.07, 6.45) is 0. The van der Waals surface area contributed by atoms with E-state index in [4.69, 9.17) is 17.3 Å². The summed E-state index contributed by atoms with van der Waals surface area (Å²) in [5.41, 5.74) is 6.95. The Bertz CT molecular complexity index is 746. The molecule has 0 fully saturated rings. The van der Waals surface area contributed by atoms with Gasteiger partial charge in [-0.3, -0.25) is 4.72 Å². The van der Waals surface area contributed by atoms with Crippen LogP contribution in [-0.4, -0.2) is 8.42 Å². The van der Waals surface area contributed by atoms with E-state index in [1.54, 1.807) is 13.0 Å². The van der Waals surface area contributed by atoms with E-state index < -0.39 is 15.8 Å². The molecule has 106 valence electrons. The van der Waals surface area contributed by atoms with Crippen molar-refractivity contribution in [1.82, 2.24) is 0 Å².